The average Bonchev–Trinajstić information content (AvgIpc) is 1.59. The lowest BCUT2D eigenvalue weighted by Gasteiger charge is -2.05. The molecule has 0 radical (unpaired) electrons. The van der Waals surface area contributed by atoms with E-state index in [-0.39, 0.29) is 0 Å². The summed E-state index contributed by atoms with van der Waals surface area (Å²) in [5.41, 5.74) is 4.16. The highest BCUT2D eigenvalue weighted by atomic mass is 16.3. The molecular weight excluding hydrogens is 102 g/mol. The predicted molar refractivity (Wildman–Crippen MR) is 33.1 cm³/mol. The van der Waals surface area contributed by atoms with Crippen molar-refractivity contribution >= 4 is 0 Å². The second-order valence-corrected chi connectivity index (χ2v) is 2.06. The average molecular weight is 113 g/mol. The number of rotatable bonds is 0. The van der Waals surface area contributed by atoms with E-state index in [1.54, 1.807) is 13.8 Å². The molecule has 0 bridgehead atoms. The fourth-order valence-corrected chi connectivity index (χ4v) is 0.267. The van der Waals surface area contributed by atoms with Gasteiger partial charge in [0.1, 0.15) is 5.60 Å². The van der Waals surface area contributed by atoms with Gasteiger partial charge in [0.05, 0.1) is 6.54 Å². The molecule has 0 spiro atoms. The highest BCUT2D eigenvalue weighted by molar-refractivity contribution is 5.10. The van der Waals surface area contributed by atoms with Gasteiger partial charge in [0.15, 0.2) is 0 Å². The Kier molecular flexibility index (Phi) is 2.53. The monoisotopic (exact) mass is 113 g/mol. The summed E-state index contributed by atoms with van der Waals surface area (Å²) in [7, 11) is 0. The van der Waals surface area contributed by atoms with Crippen LogP contribution < -0.4 is 5.73 Å². The molecule has 2 heteroatoms. The fourth-order valence-electron chi connectivity index (χ4n) is 0.267. The van der Waals surface area contributed by atoms with Gasteiger partial charge in [-0.05, 0) is 13.8 Å². The normalized spacial score (nSPS) is 10.0. The van der Waals surface area contributed by atoms with Crippen molar-refractivity contribution in [3.8, 4) is 11.8 Å². The van der Waals surface area contributed by atoms with E-state index in [2.05, 4.69) is 11.8 Å². The summed E-state index contributed by atoms with van der Waals surface area (Å²) >= 11 is 0. The van der Waals surface area contributed by atoms with Gasteiger partial charge < -0.3 is 10.8 Å². The van der Waals surface area contributed by atoms with Crippen molar-refractivity contribution in [3.63, 3.8) is 0 Å². The second kappa shape index (κ2) is 2.71. The molecule has 0 aliphatic heterocycles. The zero-order valence-electron chi connectivity index (χ0n) is 5.23. The lowest BCUT2D eigenvalue weighted by Crippen LogP contribution is -2.15. The van der Waals surface area contributed by atoms with Crippen LogP contribution in [0.5, 0.6) is 0 Å². The van der Waals surface area contributed by atoms with Crippen LogP contribution in [-0.4, -0.2) is 17.3 Å². The van der Waals surface area contributed by atoms with E-state index >= 15 is 0 Å². The van der Waals surface area contributed by atoms with Crippen LogP contribution in [0.1, 0.15) is 13.8 Å². The van der Waals surface area contributed by atoms with E-state index in [4.69, 9.17) is 10.8 Å². The highest BCUT2D eigenvalue weighted by Crippen LogP contribution is 1.95. The van der Waals surface area contributed by atoms with Crippen molar-refractivity contribution in [1.82, 2.24) is 0 Å². The molecule has 0 rings (SSSR count). The summed E-state index contributed by atoms with van der Waals surface area (Å²) < 4.78 is 0. The second-order valence-electron chi connectivity index (χ2n) is 2.06. The summed E-state index contributed by atoms with van der Waals surface area (Å²) in [6.07, 6.45) is 0. The van der Waals surface area contributed by atoms with Crippen molar-refractivity contribution < 1.29 is 5.11 Å². The molecule has 0 amide bonds. The Bertz CT molecular complexity index is 113. The van der Waals surface area contributed by atoms with E-state index in [1.165, 1.54) is 0 Å². The topological polar surface area (TPSA) is 46.2 Å². The largest absolute Gasteiger partial charge is 0.378 e. The van der Waals surface area contributed by atoms with Crippen LogP contribution >= 0.6 is 0 Å². The molecule has 0 aromatic heterocycles. The van der Waals surface area contributed by atoms with Gasteiger partial charge in [0.2, 0.25) is 0 Å². The smallest absolute Gasteiger partial charge is 0.120 e. The van der Waals surface area contributed by atoms with Gasteiger partial charge in [-0.15, -0.1) is 0 Å². The van der Waals surface area contributed by atoms with Crippen molar-refractivity contribution in [3.05, 3.63) is 0 Å². The molecular formula is C6H11NO. The Morgan fingerprint density at radius 2 is 2.12 bits per heavy atom. The zero-order valence-corrected chi connectivity index (χ0v) is 5.23. The summed E-state index contributed by atoms with van der Waals surface area (Å²) in [6.45, 7) is 3.55. The van der Waals surface area contributed by atoms with Crippen LogP contribution in [0, 0.1) is 11.8 Å². The standard InChI is InChI=1S/C6H11NO/c1-6(2,8)4-3-5-7/h8H,5,7H2,1-2H3. The van der Waals surface area contributed by atoms with E-state index in [0.29, 0.717) is 6.54 Å². The minimum absolute atomic E-state index is 0.310. The summed E-state index contributed by atoms with van der Waals surface area (Å²) in [6, 6.07) is 0. The molecule has 0 aromatic rings. The third-order valence-corrected chi connectivity index (χ3v) is 0.496. The Morgan fingerprint density at radius 3 is 2.25 bits per heavy atom. The molecule has 0 fully saturated rings. The number of nitrogens with two attached hydrogens (primary N) is 1. The maximum Gasteiger partial charge on any atom is 0.120 e. The lowest BCUT2D eigenvalue weighted by molar-refractivity contribution is 0.143. The van der Waals surface area contributed by atoms with Gasteiger partial charge in [0.25, 0.3) is 0 Å². The van der Waals surface area contributed by atoms with E-state index < -0.39 is 5.60 Å². The highest BCUT2D eigenvalue weighted by Gasteiger charge is 2.04. The van der Waals surface area contributed by atoms with Gasteiger partial charge >= 0.3 is 0 Å². The zero-order chi connectivity index (χ0) is 6.62. The number of aliphatic hydroxyl groups is 1. The van der Waals surface area contributed by atoms with Crippen LogP contribution in [0.4, 0.5) is 0 Å². The van der Waals surface area contributed by atoms with Gasteiger partial charge in [0, 0.05) is 0 Å². The van der Waals surface area contributed by atoms with Gasteiger partial charge in [-0.2, -0.15) is 0 Å². The van der Waals surface area contributed by atoms with Crippen LogP contribution in [0.2, 0.25) is 0 Å². The molecule has 0 aromatic carbocycles. The van der Waals surface area contributed by atoms with Crippen LogP contribution in [0.15, 0.2) is 0 Å². The summed E-state index contributed by atoms with van der Waals surface area (Å²) in [5, 5.41) is 8.92. The lowest BCUT2D eigenvalue weighted by atomic mass is 10.1. The first-order valence-electron chi connectivity index (χ1n) is 2.49. The first kappa shape index (κ1) is 7.48. The summed E-state index contributed by atoms with van der Waals surface area (Å²) in [4.78, 5) is 0. The van der Waals surface area contributed by atoms with E-state index in [9.17, 15) is 0 Å². The molecule has 0 saturated heterocycles. The number of hydrogen-bond donors (Lipinski definition) is 2. The molecule has 46 valence electrons. The molecule has 2 nitrogen and oxygen atoms in total. The fraction of sp³-hybridized carbons (Fsp3) is 0.667. The minimum atomic E-state index is -0.890. The van der Waals surface area contributed by atoms with Crippen molar-refractivity contribution in [2.75, 3.05) is 6.54 Å². The molecule has 8 heavy (non-hydrogen) atoms. The van der Waals surface area contributed by atoms with Crippen LogP contribution in [0.3, 0.4) is 0 Å². The van der Waals surface area contributed by atoms with Crippen LogP contribution in [-0.2, 0) is 0 Å². The third kappa shape index (κ3) is 5.48. The third-order valence-electron chi connectivity index (χ3n) is 0.496. The SMILES string of the molecule is CC(C)(O)C#CCN. The first-order chi connectivity index (χ1) is 3.56. The van der Waals surface area contributed by atoms with E-state index in [1.807, 2.05) is 0 Å². The Morgan fingerprint density at radius 1 is 1.62 bits per heavy atom. The summed E-state index contributed by atoms with van der Waals surface area (Å²) in [5.74, 6) is 5.12. The Balaban J connectivity index is 3.69. The van der Waals surface area contributed by atoms with Gasteiger partial charge in [-0.25, -0.2) is 0 Å². The first-order valence-corrected chi connectivity index (χ1v) is 2.49. The van der Waals surface area contributed by atoms with Crippen LogP contribution in [0.25, 0.3) is 0 Å². The Labute approximate surface area is 49.7 Å². The van der Waals surface area contributed by atoms with Gasteiger partial charge in [-0.1, -0.05) is 11.8 Å². The van der Waals surface area contributed by atoms with Crippen molar-refractivity contribution in [2.45, 2.75) is 19.4 Å². The molecule has 0 heterocycles. The maximum absolute atomic E-state index is 8.92. The minimum Gasteiger partial charge on any atom is -0.378 e. The van der Waals surface area contributed by atoms with E-state index in [0.717, 1.165) is 0 Å². The molecule has 0 saturated carbocycles. The predicted octanol–water partition coefficient (Wildman–Crippen LogP) is -0.281. The van der Waals surface area contributed by atoms with Crippen molar-refractivity contribution in [1.29, 1.82) is 0 Å². The van der Waals surface area contributed by atoms with Crippen molar-refractivity contribution in [2.24, 2.45) is 5.73 Å². The number of hydrogen-bond acceptors (Lipinski definition) is 2. The molecule has 3 N–H and O–H groups in total. The Hall–Kier alpha value is -0.520. The molecule has 0 unspecified atom stereocenters. The molecule has 0 aliphatic rings. The molecule has 0 atom stereocenters. The quantitative estimate of drug-likeness (QED) is 0.424. The maximum atomic E-state index is 8.92. The molecule has 0 aliphatic carbocycles. The van der Waals surface area contributed by atoms with Gasteiger partial charge in [-0.3, -0.25) is 0 Å².